The molecule has 1 nitrogen and oxygen atoms in total. The Bertz CT molecular complexity index is 244. The van der Waals surface area contributed by atoms with E-state index >= 15 is 0 Å². The van der Waals surface area contributed by atoms with E-state index in [1.165, 1.54) is 24.3 Å². The van der Waals surface area contributed by atoms with Crippen LogP contribution in [0.4, 0.5) is 4.39 Å². The first-order chi connectivity index (χ1) is 4.70. The second-order valence-corrected chi connectivity index (χ2v) is 3.62. The van der Waals surface area contributed by atoms with Gasteiger partial charge >= 0.3 is 0 Å². The van der Waals surface area contributed by atoms with Crippen LogP contribution in [0, 0.1) is 5.82 Å². The molecule has 0 spiro atoms. The van der Waals surface area contributed by atoms with Crippen molar-refractivity contribution >= 4 is 20.9 Å². The van der Waals surface area contributed by atoms with Gasteiger partial charge in [-0.2, -0.15) is 0 Å². The summed E-state index contributed by atoms with van der Waals surface area (Å²) in [5, 5.41) is 0. The summed E-state index contributed by atoms with van der Waals surface area (Å²) in [5.74, 6) is -0.316. The molecule has 0 aliphatic rings. The lowest BCUT2D eigenvalue weighted by atomic mass is 10.4. The van der Waals surface area contributed by atoms with E-state index < -0.39 is 9.74 Å². The summed E-state index contributed by atoms with van der Waals surface area (Å²) in [7, 11) is -1.17. The molecule has 1 unspecified atom stereocenters. The average molecular weight is 176 g/mol. The summed E-state index contributed by atoms with van der Waals surface area (Å²) in [5.41, 5.74) is 0. The SMILES string of the molecule is OS(=S)c1ccc(F)cc1. The van der Waals surface area contributed by atoms with Crippen molar-refractivity contribution in [2.45, 2.75) is 4.90 Å². The Morgan fingerprint density at radius 3 is 2.20 bits per heavy atom. The minimum Gasteiger partial charge on any atom is -0.323 e. The number of halogens is 1. The van der Waals surface area contributed by atoms with Crippen LogP contribution >= 0.6 is 0 Å². The largest absolute Gasteiger partial charge is 0.323 e. The normalized spacial score (nSPS) is 13.0. The van der Waals surface area contributed by atoms with Gasteiger partial charge in [0, 0.05) is 14.6 Å². The van der Waals surface area contributed by atoms with Gasteiger partial charge in [0.15, 0.2) is 0 Å². The summed E-state index contributed by atoms with van der Waals surface area (Å²) < 4.78 is 21.1. The second-order valence-electron chi connectivity index (χ2n) is 1.70. The van der Waals surface area contributed by atoms with Crippen molar-refractivity contribution in [2.24, 2.45) is 0 Å². The molecular weight excluding hydrogens is 171 g/mol. The van der Waals surface area contributed by atoms with Crippen molar-refractivity contribution in [3.63, 3.8) is 0 Å². The molecule has 0 aliphatic heterocycles. The van der Waals surface area contributed by atoms with Crippen molar-refractivity contribution in [2.75, 3.05) is 0 Å². The predicted octanol–water partition coefficient (Wildman–Crippen LogP) is 1.74. The van der Waals surface area contributed by atoms with E-state index in [1.54, 1.807) is 0 Å². The van der Waals surface area contributed by atoms with E-state index in [-0.39, 0.29) is 5.82 Å². The molecule has 0 heterocycles. The Kier molecular flexibility index (Phi) is 2.48. The zero-order chi connectivity index (χ0) is 7.56. The van der Waals surface area contributed by atoms with Gasteiger partial charge in [-0.3, -0.25) is 0 Å². The van der Waals surface area contributed by atoms with E-state index in [4.69, 9.17) is 4.55 Å². The molecule has 0 bridgehead atoms. The lowest BCUT2D eigenvalue weighted by Gasteiger charge is -1.94. The zero-order valence-corrected chi connectivity index (χ0v) is 6.58. The van der Waals surface area contributed by atoms with Crippen LogP contribution in [0.3, 0.4) is 0 Å². The van der Waals surface area contributed by atoms with Gasteiger partial charge in [0.25, 0.3) is 0 Å². The first-order valence-corrected chi connectivity index (χ1v) is 4.67. The fourth-order valence-corrected chi connectivity index (χ4v) is 1.25. The Labute approximate surface area is 65.3 Å². The predicted molar refractivity (Wildman–Crippen MR) is 42.0 cm³/mol. The van der Waals surface area contributed by atoms with Gasteiger partial charge < -0.3 is 4.55 Å². The highest BCUT2D eigenvalue weighted by Gasteiger charge is 1.93. The van der Waals surface area contributed by atoms with E-state index in [0.717, 1.165) is 0 Å². The molecule has 4 heteroatoms. The average Bonchev–Trinajstić information content (AvgIpc) is 1.88. The third-order valence-electron chi connectivity index (χ3n) is 1.02. The summed E-state index contributed by atoms with van der Waals surface area (Å²) in [4.78, 5) is 0.580. The summed E-state index contributed by atoms with van der Waals surface area (Å²) in [6.07, 6.45) is 0. The molecule has 1 aromatic carbocycles. The molecule has 1 atom stereocenters. The van der Waals surface area contributed by atoms with E-state index in [2.05, 4.69) is 11.2 Å². The van der Waals surface area contributed by atoms with Crippen molar-refractivity contribution in [3.8, 4) is 0 Å². The smallest absolute Gasteiger partial charge is 0.123 e. The molecule has 0 amide bonds. The highest BCUT2D eigenvalue weighted by atomic mass is 32.8. The molecule has 0 radical (unpaired) electrons. The number of benzene rings is 1. The first-order valence-electron chi connectivity index (χ1n) is 2.56. The van der Waals surface area contributed by atoms with Crippen molar-refractivity contribution < 1.29 is 8.94 Å². The maximum Gasteiger partial charge on any atom is 0.123 e. The molecule has 1 rings (SSSR count). The van der Waals surface area contributed by atoms with Crippen molar-refractivity contribution in [3.05, 3.63) is 30.1 Å². The standard InChI is InChI=1S/C6H5FOS2/c7-5-1-3-6(4-2-5)10(8)9/h1-4H,(H,8,9). The topological polar surface area (TPSA) is 20.2 Å². The van der Waals surface area contributed by atoms with Gasteiger partial charge in [0.2, 0.25) is 0 Å². The summed E-state index contributed by atoms with van der Waals surface area (Å²) in [6, 6.07) is 5.51. The lowest BCUT2D eigenvalue weighted by molar-refractivity contribution is 0.625. The van der Waals surface area contributed by atoms with Gasteiger partial charge in [-0.15, -0.1) is 0 Å². The van der Waals surface area contributed by atoms with Gasteiger partial charge in [-0.1, -0.05) is 0 Å². The molecule has 10 heavy (non-hydrogen) atoms. The van der Waals surface area contributed by atoms with Crippen molar-refractivity contribution in [1.82, 2.24) is 0 Å². The minimum atomic E-state index is -1.17. The van der Waals surface area contributed by atoms with E-state index in [0.29, 0.717) is 4.90 Å². The molecule has 0 aromatic heterocycles. The van der Waals surface area contributed by atoms with E-state index in [9.17, 15) is 4.39 Å². The van der Waals surface area contributed by atoms with Gasteiger partial charge in [0.05, 0.1) is 0 Å². The summed E-state index contributed by atoms with van der Waals surface area (Å²) >= 11 is 4.55. The fraction of sp³-hybridized carbons (Fsp3) is 0. The molecule has 0 aliphatic carbocycles. The molecule has 54 valence electrons. The Morgan fingerprint density at radius 1 is 1.30 bits per heavy atom. The van der Waals surface area contributed by atoms with Crippen LogP contribution in [0.25, 0.3) is 0 Å². The molecule has 1 aromatic rings. The fourth-order valence-electron chi connectivity index (χ4n) is 0.551. The first kappa shape index (κ1) is 7.78. The van der Waals surface area contributed by atoms with Crippen LogP contribution in [-0.2, 0) is 20.9 Å². The van der Waals surface area contributed by atoms with Crippen LogP contribution in [0.15, 0.2) is 29.2 Å². The highest BCUT2D eigenvalue weighted by molar-refractivity contribution is 8.25. The molecule has 0 saturated heterocycles. The number of hydrogen-bond acceptors (Lipinski definition) is 1. The van der Waals surface area contributed by atoms with Crippen LogP contribution in [0.2, 0.25) is 0 Å². The van der Waals surface area contributed by atoms with Crippen molar-refractivity contribution in [1.29, 1.82) is 0 Å². The van der Waals surface area contributed by atoms with Crippen LogP contribution in [-0.4, -0.2) is 4.55 Å². The molecule has 0 fully saturated rings. The highest BCUT2D eigenvalue weighted by Crippen LogP contribution is 2.05. The Hall–Kier alpha value is -0.320. The zero-order valence-electron chi connectivity index (χ0n) is 4.95. The molecule has 0 saturated carbocycles. The molecule has 1 N–H and O–H groups in total. The second kappa shape index (κ2) is 3.18. The maximum atomic E-state index is 12.2. The van der Waals surface area contributed by atoms with Gasteiger partial charge in [-0.05, 0) is 35.5 Å². The van der Waals surface area contributed by atoms with Crippen LogP contribution in [0.1, 0.15) is 0 Å². The molecular formula is C6H5FOS2. The Morgan fingerprint density at radius 2 is 1.80 bits per heavy atom. The minimum absolute atomic E-state index is 0.316. The Balaban J connectivity index is 3.00. The number of hydrogen-bond donors (Lipinski definition) is 1. The third kappa shape index (κ3) is 1.83. The van der Waals surface area contributed by atoms with Crippen LogP contribution in [0.5, 0.6) is 0 Å². The quantitative estimate of drug-likeness (QED) is 0.703. The van der Waals surface area contributed by atoms with E-state index in [1.807, 2.05) is 0 Å². The lowest BCUT2D eigenvalue weighted by Crippen LogP contribution is -1.85. The monoisotopic (exact) mass is 176 g/mol. The third-order valence-corrected chi connectivity index (χ3v) is 2.27. The van der Waals surface area contributed by atoms with Gasteiger partial charge in [-0.25, -0.2) is 4.39 Å². The van der Waals surface area contributed by atoms with Crippen LogP contribution < -0.4 is 0 Å². The summed E-state index contributed by atoms with van der Waals surface area (Å²) in [6.45, 7) is 0. The number of rotatable bonds is 1. The van der Waals surface area contributed by atoms with Gasteiger partial charge in [0.1, 0.15) is 5.82 Å². The maximum absolute atomic E-state index is 12.2.